The van der Waals surface area contributed by atoms with Crippen LogP contribution in [-0.4, -0.2) is 17.0 Å². The van der Waals surface area contributed by atoms with Gasteiger partial charge < -0.3 is 4.98 Å². The van der Waals surface area contributed by atoms with Gasteiger partial charge in [-0.1, -0.05) is 0 Å². The minimum Gasteiger partial charge on any atom is -0.356 e. The van der Waals surface area contributed by atoms with E-state index in [0.717, 1.165) is 0 Å². The Morgan fingerprint density at radius 2 is 2.25 bits per heavy atom. The molecule has 1 aromatic heterocycles. The molecule has 0 aliphatic heterocycles. The minimum absolute atomic E-state index is 0.193. The van der Waals surface area contributed by atoms with Crippen molar-refractivity contribution in [1.82, 2.24) is 4.98 Å². The molecule has 0 atom stereocenters. The number of pyridine rings is 1. The summed E-state index contributed by atoms with van der Waals surface area (Å²) in [5, 5.41) is 0.634. The highest BCUT2D eigenvalue weighted by atomic mass is 32.2. The first-order valence-corrected chi connectivity index (χ1v) is 4.66. The van der Waals surface area contributed by atoms with Gasteiger partial charge in [0.15, 0.2) is 11.2 Å². The van der Waals surface area contributed by atoms with Gasteiger partial charge >= 0.3 is 0 Å². The fourth-order valence-corrected chi connectivity index (χ4v) is 1.59. The zero-order valence-electron chi connectivity index (χ0n) is 6.88. The van der Waals surface area contributed by atoms with E-state index in [1.807, 2.05) is 6.26 Å². The molecule has 64 valence electrons. The summed E-state index contributed by atoms with van der Waals surface area (Å²) in [7, 11) is 0. The molecule has 1 heterocycles. The second kappa shape index (κ2) is 3.58. The molecule has 12 heavy (non-hydrogen) atoms. The smallest absolute Gasteiger partial charge is 0.193 e. The van der Waals surface area contributed by atoms with Gasteiger partial charge in [-0.2, -0.15) is 0 Å². The van der Waals surface area contributed by atoms with Crippen LogP contribution in [0.25, 0.3) is 0 Å². The van der Waals surface area contributed by atoms with Crippen LogP contribution in [-0.2, 0) is 0 Å². The monoisotopic (exact) mass is 183 g/mol. The predicted octanol–water partition coefficient (Wildman–Crippen LogP) is 1.30. The number of Topliss-reactive ketones (excluding diaryl/α,β-unsaturated/α-hetero) is 1. The number of hydrogen-bond donors (Lipinski definition) is 1. The highest BCUT2D eigenvalue weighted by molar-refractivity contribution is 7.98. The van der Waals surface area contributed by atoms with Gasteiger partial charge in [-0.15, -0.1) is 11.8 Å². The molecular formula is C8H9NO2S. The van der Waals surface area contributed by atoms with E-state index in [-0.39, 0.29) is 16.8 Å². The fourth-order valence-electron chi connectivity index (χ4n) is 0.955. The molecule has 0 aliphatic carbocycles. The lowest BCUT2D eigenvalue weighted by Crippen LogP contribution is -2.13. The molecule has 0 bridgehead atoms. The van der Waals surface area contributed by atoms with E-state index in [9.17, 15) is 9.59 Å². The van der Waals surface area contributed by atoms with Crippen molar-refractivity contribution in [3.05, 3.63) is 28.0 Å². The first-order valence-electron chi connectivity index (χ1n) is 3.43. The largest absolute Gasteiger partial charge is 0.356 e. The molecule has 0 aliphatic rings. The summed E-state index contributed by atoms with van der Waals surface area (Å²) in [5.41, 5.74) is 0.0376. The van der Waals surface area contributed by atoms with Crippen LogP contribution in [0.5, 0.6) is 0 Å². The maximum atomic E-state index is 11.2. The van der Waals surface area contributed by atoms with Crippen LogP contribution in [0.2, 0.25) is 0 Å². The van der Waals surface area contributed by atoms with Crippen LogP contribution in [0.1, 0.15) is 17.3 Å². The molecule has 0 radical (unpaired) electrons. The highest BCUT2D eigenvalue weighted by Gasteiger charge is 2.09. The van der Waals surface area contributed by atoms with E-state index in [0.29, 0.717) is 5.03 Å². The summed E-state index contributed by atoms with van der Waals surface area (Å²) in [6.45, 7) is 1.39. The van der Waals surface area contributed by atoms with Crippen LogP contribution >= 0.6 is 11.8 Å². The van der Waals surface area contributed by atoms with Crippen LogP contribution in [0.4, 0.5) is 0 Å². The fraction of sp³-hybridized carbons (Fsp3) is 0.250. The molecule has 0 aromatic carbocycles. The lowest BCUT2D eigenvalue weighted by molar-refractivity contribution is 0.101. The SMILES string of the molecule is CSc1[nH]ccc(=O)c1C(C)=O. The summed E-state index contributed by atoms with van der Waals surface area (Å²) in [5.74, 6) is -0.193. The molecule has 0 saturated carbocycles. The number of thioether (sulfide) groups is 1. The van der Waals surface area contributed by atoms with Crippen molar-refractivity contribution in [3.8, 4) is 0 Å². The maximum absolute atomic E-state index is 11.2. The predicted molar refractivity (Wildman–Crippen MR) is 48.8 cm³/mol. The summed E-state index contributed by atoms with van der Waals surface area (Å²) in [4.78, 5) is 25.0. The number of rotatable bonds is 2. The highest BCUT2D eigenvalue weighted by Crippen LogP contribution is 2.13. The van der Waals surface area contributed by atoms with Gasteiger partial charge in [-0.3, -0.25) is 9.59 Å². The second-order valence-corrected chi connectivity index (χ2v) is 3.12. The van der Waals surface area contributed by atoms with E-state index in [1.54, 1.807) is 6.20 Å². The van der Waals surface area contributed by atoms with Gasteiger partial charge in [-0.25, -0.2) is 0 Å². The van der Waals surface area contributed by atoms with E-state index < -0.39 is 0 Å². The van der Waals surface area contributed by atoms with Crippen molar-refractivity contribution < 1.29 is 4.79 Å². The minimum atomic E-state index is -0.217. The van der Waals surface area contributed by atoms with E-state index in [2.05, 4.69) is 4.98 Å². The second-order valence-electron chi connectivity index (χ2n) is 2.31. The number of nitrogens with one attached hydrogen (secondary N) is 1. The number of hydrogen-bond acceptors (Lipinski definition) is 3. The molecular weight excluding hydrogens is 174 g/mol. The van der Waals surface area contributed by atoms with Gasteiger partial charge in [-0.05, 0) is 13.2 Å². The first-order chi connectivity index (χ1) is 5.66. The Balaban J connectivity index is 3.40. The van der Waals surface area contributed by atoms with Crippen molar-refractivity contribution in [2.75, 3.05) is 6.26 Å². The van der Waals surface area contributed by atoms with Gasteiger partial charge in [0.05, 0.1) is 10.6 Å². The summed E-state index contributed by atoms with van der Waals surface area (Å²) in [6.07, 6.45) is 3.36. The zero-order valence-corrected chi connectivity index (χ0v) is 7.70. The Kier molecular flexibility index (Phi) is 2.70. The lowest BCUT2D eigenvalue weighted by atomic mass is 10.2. The number of aromatic nitrogens is 1. The number of H-pyrrole nitrogens is 1. The molecule has 0 amide bonds. The normalized spacial score (nSPS) is 9.83. The Labute approximate surface area is 74.2 Å². The third-order valence-electron chi connectivity index (χ3n) is 1.48. The Hall–Kier alpha value is -1.03. The van der Waals surface area contributed by atoms with Crippen LogP contribution in [0.15, 0.2) is 22.1 Å². The first kappa shape index (κ1) is 9.06. The van der Waals surface area contributed by atoms with Crippen LogP contribution in [0.3, 0.4) is 0 Å². The molecule has 1 rings (SSSR count). The Morgan fingerprint density at radius 1 is 1.58 bits per heavy atom. The van der Waals surface area contributed by atoms with Crippen molar-refractivity contribution in [3.63, 3.8) is 0 Å². The molecule has 0 unspecified atom stereocenters. The number of aromatic amines is 1. The van der Waals surface area contributed by atoms with Crippen LogP contribution in [0, 0.1) is 0 Å². The molecule has 3 nitrogen and oxygen atoms in total. The Bertz CT molecular complexity index is 356. The molecule has 0 spiro atoms. The molecule has 1 aromatic rings. The molecule has 0 saturated heterocycles. The van der Waals surface area contributed by atoms with Gasteiger partial charge in [0.1, 0.15) is 0 Å². The van der Waals surface area contributed by atoms with Gasteiger partial charge in [0.2, 0.25) is 0 Å². The maximum Gasteiger partial charge on any atom is 0.193 e. The summed E-state index contributed by atoms with van der Waals surface area (Å²) < 4.78 is 0. The van der Waals surface area contributed by atoms with E-state index >= 15 is 0 Å². The van der Waals surface area contributed by atoms with Gasteiger partial charge in [0.25, 0.3) is 0 Å². The number of ketones is 1. The standard InChI is InChI=1S/C8H9NO2S/c1-5(10)7-6(11)3-4-9-8(7)12-2/h3-4H,1-2H3,(H,9,11). The molecule has 1 N–H and O–H groups in total. The summed E-state index contributed by atoms with van der Waals surface area (Å²) in [6, 6.07) is 1.36. The van der Waals surface area contributed by atoms with Crippen molar-refractivity contribution in [2.24, 2.45) is 0 Å². The average molecular weight is 183 g/mol. The summed E-state index contributed by atoms with van der Waals surface area (Å²) >= 11 is 1.36. The van der Waals surface area contributed by atoms with Crippen molar-refractivity contribution in [1.29, 1.82) is 0 Å². The zero-order chi connectivity index (χ0) is 9.14. The Morgan fingerprint density at radius 3 is 2.67 bits per heavy atom. The van der Waals surface area contributed by atoms with Gasteiger partial charge in [0, 0.05) is 12.3 Å². The van der Waals surface area contributed by atoms with Crippen LogP contribution < -0.4 is 5.43 Å². The average Bonchev–Trinajstić information content (AvgIpc) is 2.03. The third-order valence-corrected chi connectivity index (χ3v) is 2.21. The topological polar surface area (TPSA) is 49.9 Å². The van der Waals surface area contributed by atoms with E-state index in [1.165, 1.54) is 24.8 Å². The quantitative estimate of drug-likeness (QED) is 0.555. The van der Waals surface area contributed by atoms with Crippen molar-refractivity contribution in [2.45, 2.75) is 11.9 Å². The lowest BCUT2D eigenvalue weighted by Gasteiger charge is -2.00. The number of carbonyl (C=O) groups excluding carboxylic acids is 1. The molecule has 4 heteroatoms. The van der Waals surface area contributed by atoms with E-state index in [4.69, 9.17) is 0 Å². The molecule has 0 fully saturated rings. The third kappa shape index (κ3) is 1.58. The number of carbonyl (C=O) groups is 1. The van der Waals surface area contributed by atoms with Crippen molar-refractivity contribution >= 4 is 17.5 Å².